The molecule has 1 fully saturated rings. The summed E-state index contributed by atoms with van der Waals surface area (Å²) in [7, 11) is 0. The SMILES string of the molecule is Cc1cc(C(=O)OC2CN(c3nc4ccc(F)cc4s3)C2)on1. The number of thiazole rings is 1. The van der Waals surface area contributed by atoms with Crippen LogP contribution >= 0.6 is 11.3 Å². The van der Waals surface area contributed by atoms with Gasteiger partial charge in [0.05, 0.1) is 29.0 Å². The van der Waals surface area contributed by atoms with Gasteiger partial charge in [-0.25, -0.2) is 14.2 Å². The van der Waals surface area contributed by atoms with Crippen LogP contribution in [-0.4, -0.2) is 35.3 Å². The lowest BCUT2D eigenvalue weighted by Crippen LogP contribution is -2.53. The van der Waals surface area contributed by atoms with Crippen LogP contribution in [0.1, 0.15) is 16.2 Å². The van der Waals surface area contributed by atoms with Gasteiger partial charge in [0.15, 0.2) is 5.13 Å². The third-order valence-electron chi connectivity index (χ3n) is 3.56. The molecule has 1 aromatic carbocycles. The third-order valence-corrected chi connectivity index (χ3v) is 4.64. The van der Waals surface area contributed by atoms with Gasteiger partial charge in [-0.1, -0.05) is 16.5 Å². The largest absolute Gasteiger partial charge is 0.453 e. The summed E-state index contributed by atoms with van der Waals surface area (Å²) in [6.45, 7) is 2.85. The van der Waals surface area contributed by atoms with Crippen LogP contribution in [0.3, 0.4) is 0 Å². The highest BCUT2D eigenvalue weighted by Crippen LogP contribution is 2.32. The number of hydrogen-bond donors (Lipinski definition) is 0. The summed E-state index contributed by atoms with van der Waals surface area (Å²) in [5.41, 5.74) is 1.40. The second-order valence-electron chi connectivity index (χ2n) is 5.37. The summed E-state index contributed by atoms with van der Waals surface area (Å²) in [5.74, 6) is -0.677. The van der Waals surface area contributed by atoms with E-state index in [0.29, 0.717) is 18.8 Å². The molecule has 1 aliphatic heterocycles. The molecule has 0 unspecified atom stereocenters. The van der Waals surface area contributed by atoms with E-state index in [2.05, 4.69) is 10.1 Å². The second-order valence-corrected chi connectivity index (χ2v) is 6.38. The number of carbonyl (C=O) groups excluding carboxylic acids is 1. The van der Waals surface area contributed by atoms with Crippen molar-refractivity contribution in [3.63, 3.8) is 0 Å². The Morgan fingerprint density at radius 1 is 1.43 bits per heavy atom. The number of aromatic nitrogens is 2. The minimum Gasteiger partial charge on any atom is -0.453 e. The Kier molecular flexibility index (Phi) is 3.26. The van der Waals surface area contributed by atoms with E-state index in [4.69, 9.17) is 9.26 Å². The van der Waals surface area contributed by atoms with Gasteiger partial charge in [-0.05, 0) is 25.1 Å². The summed E-state index contributed by atoms with van der Waals surface area (Å²) in [4.78, 5) is 18.3. The zero-order chi connectivity index (χ0) is 16.0. The minimum atomic E-state index is -0.512. The summed E-state index contributed by atoms with van der Waals surface area (Å²) in [6.07, 6.45) is -0.211. The lowest BCUT2D eigenvalue weighted by Gasteiger charge is -2.37. The Bertz CT molecular complexity index is 885. The van der Waals surface area contributed by atoms with Crippen LogP contribution < -0.4 is 4.90 Å². The van der Waals surface area contributed by atoms with E-state index in [0.717, 1.165) is 15.3 Å². The van der Waals surface area contributed by atoms with Crippen LogP contribution in [0.5, 0.6) is 0 Å². The van der Waals surface area contributed by atoms with E-state index in [9.17, 15) is 9.18 Å². The van der Waals surface area contributed by atoms with E-state index in [1.54, 1.807) is 19.1 Å². The molecule has 8 heteroatoms. The Balaban J connectivity index is 1.39. The highest BCUT2D eigenvalue weighted by atomic mass is 32.1. The molecule has 2 aromatic heterocycles. The van der Waals surface area contributed by atoms with Crippen molar-refractivity contribution in [2.75, 3.05) is 18.0 Å². The molecule has 6 nitrogen and oxygen atoms in total. The van der Waals surface area contributed by atoms with E-state index in [1.165, 1.54) is 23.5 Å². The molecule has 0 saturated carbocycles. The first-order chi connectivity index (χ1) is 11.1. The molecule has 3 aromatic rings. The molecular formula is C15H12FN3O3S. The van der Waals surface area contributed by atoms with E-state index < -0.39 is 5.97 Å². The highest BCUT2D eigenvalue weighted by Gasteiger charge is 2.33. The molecule has 0 aliphatic carbocycles. The Morgan fingerprint density at radius 3 is 3.00 bits per heavy atom. The third kappa shape index (κ3) is 2.65. The predicted molar refractivity (Wildman–Crippen MR) is 82.2 cm³/mol. The normalized spacial score (nSPS) is 15.0. The maximum atomic E-state index is 13.2. The van der Waals surface area contributed by atoms with Crippen LogP contribution in [0.25, 0.3) is 10.2 Å². The fraction of sp³-hybridized carbons (Fsp3) is 0.267. The number of halogens is 1. The Labute approximate surface area is 134 Å². The molecule has 0 amide bonds. The molecule has 4 rings (SSSR count). The molecule has 0 bridgehead atoms. The van der Waals surface area contributed by atoms with E-state index in [-0.39, 0.29) is 17.7 Å². The number of rotatable bonds is 3. The molecule has 118 valence electrons. The number of benzene rings is 1. The van der Waals surface area contributed by atoms with Crippen molar-refractivity contribution in [1.82, 2.24) is 10.1 Å². The first-order valence-electron chi connectivity index (χ1n) is 7.04. The van der Waals surface area contributed by atoms with E-state index in [1.807, 2.05) is 4.90 Å². The Morgan fingerprint density at radius 2 is 2.26 bits per heavy atom. The fourth-order valence-corrected chi connectivity index (χ4v) is 3.37. The molecule has 0 spiro atoms. The van der Waals surface area contributed by atoms with Gasteiger partial charge < -0.3 is 14.2 Å². The van der Waals surface area contributed by atoms with Crippen molar-refractivity contribution in [3.8, 4) is 0 Å². The number of hydrogen-bond acceptors (Lipinski definition) is 7. The quantitative estimate of drug-likeness (QED) is 0.687. The summed E-state index contributed by atoms with van der Waals surface area (Å²) in [5, 5.41) is 4.46. The van der Waals surface area contributed by atoms with Crippen molar-refractivity contribution >= 4 is 32.7 Å². The number of nitrogens with zero attached hydrogens (tertiary/aromatic N) is 3. The Hall–Kier alpha value is -2.48. The lowest BCUT2D eigenvalue weighted by atomic mass is 10.2. The van der Waals surface area contributed by atoms with Gasteiger partial charge in [0.2, 0.25) is 5.76 Å². The molecule has 0 atom stereocenters. The minimum absolute atomic E-state index is 0.108. The average molecular weight is 333 g/mol. The topological polar surface area (TPSA) is 68.5 Å². The standard InChI is InChI=1S/C15H12FN3O3S/c1-8-4-12(22-18-8)14(20)21-10-6-19(7-10)15-17-11-3-2-9(16)5-13(11)23-15/h2-5,10H,6-7H2,1H3. The maximum Gasteiger partial charge on any atom is 0.377 e. The first-order valence-corrected chi connectivity index (χ1v) is 7.85. The molecule has 0 N–H and O–H groups in total. The van der Waals surface area contributed by atoms with Gasteiger partial charge in [-0.2, -0.15) is 0 Å². The van der Waals surface area contributed by atoms with Crippen LogP contribution in [0.2, 0.25) is 0 Å². The van der Waals surface area contributed by atoms with Crippen LogP contribution in [0.15, 0.2) is 28.8 Å². The first kappa shape index (κ1) is 14.1. The molecular weight excluding hydrogens is 321 g/mol. The zero-order valence-electron chi connectivity index (χ0n) is 12.2. The van der Waals surface area contributed by atoms with Gasteiger partial charge in [-0.15, -0.1) is 0 Å². The maximum absolute atomic E-state index is 13.2. The monoisotopic (exact) mass is 333 g/mol. The number of aryl methyl sites for hydroxylation is 1. The second kappa shape index (κ2) is 5.31. The molecule has 1 aliphatic rings. The van der Waals surface area contributed by atoms with Gasteiger partial charge in [0, 0.05) is 6.07 Å². The molecule has 3 heterocycles. The number of esters is 1. The van der Waals surface area contributed by atoms with Crippen LogP contribution in [0, 0.1) is 12.7 Å². The average Bonchev–Trinajstić information content (AvgIpc) is 3.07. The number of ether oxygens (including phenoxy) is 1. The van der Waals surface area contributed by atoms with Crippen molar-refractivity contribution in [3.05, 3.63) is 41.5 Å². The fourth-order valence-electron chi connectivity index (χ4n) is 2.36. The molecule has 0 radical (unpaired) electrons. The van der Waals surface area contributed by atoms with Crippen LogP contribution in [-0.2, 0) is 4.74 Å². The highest BCUT2D eigenvalue weighted by molar-refractivity contribution is 7.22. The van der Waals surface area contributed by atoms with Gasteiger partial charge in [0.25, 0.3) is 0 Å². The van der Waals surface area contributed by atoms with Gasteiger partial charge >= 0.3 is 5.97 Å². The number of carbonyl (C=O) groups is 1. The van der Waals surface area contributed by atoms with Crippen molar-refractivity contribution in [2.24, 2.45) is 0 Å². The van der Waals surface area contributed by atoms with E-state index >= 15 is 0 Å². The summed E-state index contributed by atoms with van der Waals surface area (Å²) >= 11 is 1.42. The predicted octanol–water partition coefficient (Wildman–Crippen LogP) is 2.78. The molecule has 1 saturated heterocycles. The van der Waals surface area contributed by atoms with Gasteiger partial charge in [0.1, 0.15) is 11.9 Å². The van der Waals surface area contributed by atoms with Crippen molar-refractivity contribution in [2.45, 2.75) is 13.0 Å². The lowest BCUT2D eigenvalue weighted by molar-refractivity contribution is 0.0190. The zero-order valence-corrected chi connectivity index (χ0v) is 13.0. The van der Waals surface area contributed by atoms with Gasteiger partial charge in [-0.3, -0.25) is 0 Å². The number of fused-ring (bicyclic) bond motifs is 1. The smallest absolute Gasteiger partial charge is 0.377 e. The summed E-state index contributed by atoms with van der Waals surface area (Å²) < 4.78 is 24.2. The molecule has 23 heavy (non-hydrogen) atoms. The van der Waals surface area contributed by atoms with Crippen molar-refractivity contribution < 1.29 is 18.4 Å². The summed E-state index contributed by atoms with van der Waals surface area (Å²) in [6, 6.07) is 6.07. The number of anilines is 1. The van der Waals surface area contributed by atoms with Crippen LogP contribution in [0.4, 0.5) is 9.52 Å². The van der Waals surface area contributed by atoms with Crippen molar-refractivity contribution in [1.29, 1.82) is 0 Å².